The summed E-state index contributed by atoms with van der Waals surface area (Å²) in [6.07, 6.45) is 9.05. The average Bonchev–Trinajstić information content (AvgIpc) is 2.99. The zero-order valence-corrected chi connectivity index (χ0v) is 8.81. The van der Waals surface area contributed by atoms with Crippen LogP contribution in [0.5, 0.6) is 0 Å². The number of rotatable bonds is 2. The van der Waals surface area contributed by atoms with Crippen LogP contribution in [-0.4, -0.2) is 24.5 Å². The molecular weight excluding hydrogens is 158 g/mol. The van der Waals surface area contributed by atoms with Crippen LogP contribution in [-0.2, 0) is 0 Å². The Labute approximate surface area is 81.5 Å². The predicted molar refractivity (Wildman–Crippen MR) is 54.7 cm³/mol. The zero-order chi connectivity index (χ0) is 8.94. The molecule has 3 rings (SSSR count). The van der Waals surface area contributed by atoms with E-state index in [2.05, 4.69) is 11.8 Å². The van der Waals surface area contributed by atoms with Gasteiger partial charge in [-0.25, -0.2) is 0 Å². The van der Waals surface area contributed by atoms with Crippen molar-refractivity contribution in [2.24, 2.45) is 10.8 Å². The predicted octanol–water partition coefficient (Wildman–Crippen LogP) is 2.66. The molecule has 0 amide bonds. The molecule has 0 N–H and O–H groups in total. The molecule has 74 valence electrons. The Morgan fingerprint density at radius 3 is 2.00 bits per heavy atom. The third-order valence-corrected chi connectivity index (χ3v) is 4.58. The quantitative estimate of drug-likeness (QED) is 0.630. The van der Waals surface area contributed by atoms with Crippen molar-refractivity contribution in [1.29, 1.82) is 0 Å². The normalized spacial score (nSPS) is 34.8. The van der Waals surface area contributed by atoms with Gasteiger partial charge in [0.25, 0.3) is 0 Å². The minimum absolute atomic E-state index is 0.730. The van der Waals surface area contributed by atoms with E-state index < -0.39 is 0 Å². The molecule has 0 atom stereocenters. The minimum atomic E-state index is 0.730. The number of piperidine rings is 1. The van der Waals surface area contributed by atoms with Crippen LogP contribution in [0.25, 0.3) is 0 Å². The highest BCUT2D eigenvalue weighted by atomic mass is 15.1. The van der Waals surface area contributed by atoms with Gasteiger partial charge in [-0.2, -0.15) is 0 Å². The Morgan fingerprint density at radius 2 is 1.54 bits per heavy atom. The van der Waals surface area contributed by atoms with E-state index in [0.29, 0.717) is 0 Å². The standard InChI is InChI=1S/C12H21N/c1-11(2-3-11)10-13-8-6-12(4-5-12)7-9-13/h2-10H2,1H3. The Hall–Kier alpha value is -0.0400. The summed E-state index contributed by atoms with van der Waals surface area (Å²) in [4.78, 5) is 2.72. The Morgan fingerprint density at radius 1 is 0.923 bits per heavy atom. The maximum atomic E-state index is 2.72. The lowest BCUT2D eigenvalue weighted by Gasteiger charge is -2.33. The molecule has 0 radical (unpaired) electrons. The van der Waals surface area contributed by atoms with Crippen LogP contribution in [0.2, 0.25) is 0 Å². The van der Waals surface area contributed by atoms with Crippen LogP contribution in [0.4, 0.5) is 0 Å². The molecule has 2 saturated carbocycles. The molecule has 1 heteroatoms. The van der Waals surface area contributed by atoms with Crippen molar-refractivity contribution in [3.63, 3.8) is 0 Å². The van der Waals surface area contributed by atoms with Crippen LogP contribution < -0.4 is 0 Å². The summed E-state index contributed by atoms with van der Waals surface area (Å²) in [5, 5.41) is 0. The van der Waals surface area contributed by atoms with Crippen molar-refractivity contribution >= 4 is 0 Å². The maximum Gasteiger partial charge on any atom is 0.00353 e. The molecule has 1 heterocycles. The molecule has 1 spiro atoms. The fourth-order valence-corrected chi connectivity index (χ4v) is 2.77. The molecule has 0 bridgehead atoms. The van der Waals surface area contributed by atoms with Gasteiger partial charge in [0.15, 0.2) is 0 Å². The van der Waals surface area contributed by atoms with Gasteiger partial charge in [-0.1, -0.05) is 6.92 Å². The summed E-state index contributed by atoms with van der Waals surface area (Å²) < 4.78 is 0. The van der Waals surface area contributed by atoms with Gasteiger partial charge in [-0.3, -0.25) is 0 Å². The van der Waals surface area contributed by atoms with Gasteiger partial charge in [0.1, 0.15) is 0 Å². The monoisotopic (exact) mass is 179 g/mol. The zero-order valence-electron chi connectivity index (χ0n) is 8.81. The van der Waals surface area contributed by atoms with Crippen molar-refractivity contribution in [2.45, 2.75) is 45.4 Å². The SMILES string of the molecule is CC1(CN2CCC3(CC2)CC3)CC1. The summed E-state index contributed by atoms with van der Waals surface area (Å²) in [7, 11) is 0. The summed E-state index contributed by atoms with van der Waals surface area (Å²) in [5.41, 5.74) is 1.59. The lowest BCUT2D eigenvalue weighted by atomic mass is 9.93. The minimum Gasteiger partial charge on any atom is -0.303 e. The van der Waals surface area contributed by atoms with E-state index in [1.165, 1.54) is 58.2 Å². The molecule has 1 saturated heterocycles. The number of hydrogen-bond donors (Lipinski definition) is 0. The largest absolute Gasteiger partial charge is 0.303 e. The summed E-state index contributed by atoms with van der Waals surface area (Å²) in [6.45, 7) is 6.64. The van der Waals surface area contributed by atoms with Gasteiger partial charge in [-0.05, 0) is 62.4 Å². The van der Waals surface area contributed by atoms with Crippen molar-refractivity contribution in [3.05, 3.63) is 0 Å². The molecule has 1 aliphatic heterocycles. The van der Waals surface area contributed by atoms with E-state index in [9.17, 15) is 0 Å². The summed E-state index contributed by atoms with van der Waals surface area (Å²) >= 11 is 0. The van der Waals surface area contributed by atoms with Gasteiger partial charge in [0.05, 0.1) is 0 Å². The first-order valence-electron chi connectivity index (χ1n) is 5.92. The molecule has 13 heavy (non-hydrogen) atoms. The van der Waals surface area contributed by atoms with Crippen LogP contribution in [0.1, 0.15) is 45.4 Å². The molecule has 0 unspecified atom stereocenters. The second kappa shape index (κ2) is 2.50. The molecule has 0 aromatic heterocycles. The third-order valence-electron chi connectivity index (χ3n) is 4.58. The van der Waals surface area contributed by atoms with Crippen molar-refractivity contribution in [3.8, 4) is 0 Å². The molecule has 3 fully saturated rings. The fraction of sp³-hybridized carbons (Fsp3) is 1.00. The number of nitrogens with zero attached hydrogens (tertiary/aromatic N) is 1. The topological polar surface area (TPSA) is 3.24 Å². The Bertz CT molecular complexity index is 203. The second-order valence-corrected chi connectivity index (χ2v) is 6.09. The summed E-state index contributed by atoms with van der Waals surface area (Å²) in [5.74, 6) is 0. The molecule has 3 aliphatic rings. The van der Waals surface area contributed by atoms with Crippen molar-refractivity contribution in [1.82, 2.24) is 4.90 Å². The average molecular weight is 179 g/mol. The lowest BCUT2D eigenvalue weighted by Crippen LogP contribution is -2.37. The van der Waals surface area contributed by atoms with Crippen LogP contribution in [0, 0.1) is 10.8 Å². The molecular formula is C12H21N. The highest BCUT2D eigenvalue weighted by Crippen LogP contribution is 2.54. The maximum absolute atomic E-state index is 2.72. The Balaban J connectivity index is 1.51. The van der Waals surface area contributed by atoms with Crippen LogP contribution in [0.15, 0.2) is 0 Å². The third kappa shape index (κ3) is 1.63. The van der Waals surface area contributed by atoms with Gasteiger partial charge < -0.3 is 4.90 Å². The highest BCUT2D eigenvalue weighted by molar-refractivity contribution is 4.99. The van der Waals surface area contributed by atoms with E-state index in [1.54, 1.807) is 0 Å². The van der Waals surface area contributed by atoms with E-state index in [0.717, 1.165) is 10.8 Å². The van der Waals surface area contributed by atoms with E-state index in [1.807, 2.05) is 0 Å². The van der Waals surface area contributed by atoms with Crippen molar-refractivity contribution < 1.29 is 0 Å². The molecule has 2 aliphatic carbocycles. The number of hydrogen-bond acceptors (Lipinski definition) is 1. The van der Waals surface area contributed by atoms with Gasteiger partial charge >= 0.3 is 0 Å². The van der Waals surface area contributed by atoms with E-state index in [4.69, 9.17) is 0 Å². The van der Waals surface area contributed by atoms with Crippen LogP contribution >= 0.6 is 0 Å². The van der Waals surface area contributed by atoms with Gasteiger partial charge in [0, 0.05) is 6.54 Å². The van der Waals surface area contributed by atoms with Gasteiger partial charge in [-0.15, -0.1) is 0 Å². The number of likely N-dealkylation sites (tertiary alicyclic amines) is 1. The first kappa shape index (κ1) is 8.28. The van der Waals surface area contributed by atoms with E-state index >= 15 is 0 Å². The lowest BCUT2D eigenvalue weighted by molar-refractivity contribution is 0.148. The molecule has 1 nitrogen and oxygen atoms in total. The first-order valence-corrected chi connectivity index (χ1v) is 5.92. The second-order valence-electron chi connectivity index (χ2n) is 6.09. The van der Waals surface area contributed by atoms with Crippen LogP contribution in [0.3, 0.4) is 0 Å². The highest BCUT2D eigenvalue weighted by Gasteiger charge is 2.46. The fourth-order valence-electron chi connectivity index (χ4n) is 2.77. The smallest absolute Gasteiger partial charge is 0.00353 e. The van der Waals surface area contributed by atoms with Gasteiger partial charge in [0.2, 0.25) is 0 Å². The Kier molecular flexibility index (Phi) is 1.59. The molecule has 0 aromatic carbocycles. The van der Waals surface area contributed by atoms with Crippen molar-refractivity contribution in [2.75, 3.05) is 19.6 Å². The summed E-state index contributed by atoms with van der Waals surface area (Å²) in [6, 6.07) is 0. The van der Waals surface area contributed by atoms with E-state index in [-0.39, 0.29) is 0 Å². The molecule has 0 aromatic rings. The first-order chi connectivity index (χ1) is 6.20.